The van der Waals surface area contributed by atoms with Crippen LogP contribution in [-0.2, 0) is 0 Å². The maximum Gasteiger partial charge on any atom is 0.119 e. The number of hydrogen-bond acceptors (Lipinski definition) is 1. The van der Waals surface area contributed by atoms with Crippen molar-refractivity contribution in [3.05, 3.63) is 53.6 Å². The Morgan fingerprint density at radius 1 is 0.833 bits per heavy atom. The summed E-state index contributed by atoms with van der Waals surface area (Å²) in [7, 11) is 1.71. The molecule has 86 valence electrons. The van der Waals surface area contributed by atoms with Gasteiger partial charge in [0.1, 0.15) is 5.75 Å². The maximum absolute atomic E-state index is 5.33. The van der Waals surface area contributed by atoms with Crippen LogP contribution in [0.25, 0.3) is 33.7 Å². The molecule has 0 amide bonds. The molecule has 0 saturated carbocycles. The Bertz CT molecular complexity index is 813. The minimum absolute atomic E-state index is 0.911. The summed E-state index contributed by atoms with van der Waals surface area (Å²) >= 11 is 0. The first kappa shape index (κ1) is 9.72. The molecule has 0 fully saturated rings. The average Bonchev–Trinajstić information content (AvgIpc) is 2.83. The second-order valence-corrected chi connectivity index (χ2v) is 4.66. The third-order valence-corrected chi connectivity index (χ3v) is 3.69. The van der Waals surface area contributed by atoms with Gasteiger partial charge in [-0.25, -0.2) is 0 Å². The smallest absolute Gasteiger partial charge is 0.119 e. The summed E-state index contributed by atoms with van der Waals surface area (Å²) in [5, 5.41) is 5.20. The lowest BCUT2D eigenvalue weighted by Gasteiger charge is -2.08. The first-order chi connectivity index (χ1) is 8.86. The highest BCUT2D eigenvalue weighted by molar-refractivity contribution is 6.16. The molecule has 4 rings (SSSR count). The molecule has 0 saturated heterocycles. The Kier molecular flexibility index (Phi) is 1.81. The fourth-order valence-electron chi connectivity index (χ4n) is 2.83. The molecule has 1 heteroatoms. The fraction of sp³-hybridized carbons (Fsp3) is 0.0588. The summed E-state index contributed by atoms with van der Waals surface area (Å²) < 4.78 is 5.33. The van der Waals surface area contributed by atoms with Gasteiger partial charge in [-0.15, -0.1) is 0 Å². The Labute approximate surface area is 105 Å². The zero-order valence-electron chi connectivity index (χ0n) is 10.1. The molecule has 18 heavy (non-hydrogen) atoms. The van der Waals surface area contributed by atoms with Crippen LogP contribution in [0.4, 0.5) is 0 Å². The molecule has 0 spiro atoms. The van der Waals surface area contributed by atoms with Crippen molar-refractivity contribution in [2.75, 3.05) is 7.11 Å². The highest BCUT2D eigenvalue weighted by atomic mass is 16.5. The van der Waals surface area contributed by atoms with Crippen molar-refractivity contribution in [2.24, 2.45) is 0 Å². The molecular weight excluding hydrogens is 220 g/mol. The summed E-state index contributed by atoms with van der Waals surface area (Å²) in [6, 6.07) is 15.0. The Morgan fingerprint density at radius 3 is 2.61 bits per heavy atom. The highest BCUT2D eigenvalue weighted by Crippen LogP contribution is 2.37. The fourth-order valence-corrected chi connectivity index (χ4v) is 2.83. The van der Waals surface area contributed by atoms with Crippen LogP contribution in [0.15, 0.2) is 42.5 Å². The number of fused-ring (bicyclic) bond motifs is 2. The van der Waals surface area contributed by atoms with Gasteiger partial charge in [-0.05, 0) is 50.9 Å². The van der Waals surface area contributed by atoms with E-state index in [1.54, 1.807) is 7.11 Å². The van der Waals surface area contributed by atoms with E-state index in [0.717, 1.165) is 5.75 Å². The SMILES string of the molecule is COc1ccc2cc3c4c(cccc4c2c1)C=C3. The zero-order chi connectivity index (χ0) is 12.1. The number of ether oxygens (including phenoxy) is 1. The molecule has 1 aliphatic rings. The predicted octanol–water partition coefficient (Wildman–Crippen LogP) is 4.49. The molecule has 0 N–H and O–H groups in total. The van der Waals surface area contributed by atoms with Crippen molar-refractivity contribution < 1.29 is 4.74 Å². The third-order valence-electron chi connectivity index (χ3n) is 3.69. The Hall–Kier alpha value is -2.28. The van der Waals surface area contributed by atoms with Crippen LogP contribution < -0.4 is 4.74 Å². The summed E-state index contributed by atoms with van der Waals surface area (Å²) in [6.07, 6.45) is 4.38. The Balaban J connectivity index is 2.25. The number of rotatable bonds is 1. The molecule has 0 unspecified atom stereocenters. The van der Waals surface area contributed by atoms with E-state index in [-0.39, 0.29) is 0 Å². The molecule has 0 aliphatic heterocycles. The van der Waals surface area contributed by atoms with Gasteiger partial charge in [-0.2, -0.15) is 0 Å². The van der Waals surface area contributed by atoms with Gasteiger partial charge in [0, 0.05) is 0 Å². The third kappa shape index (κ3) is 1.16. The van der Waals surface area contributed by atoms with Crippen molar-refractivity contribution in [1.29, 1.82) is 0 Å². The molecule has 0 heterocycles. The average molecular weight is 232 g/mol. The quantitative estimate of drug-likeness (QED) is 0.439. The van der Waals surface area contributed by atoms with Crippen LogP contribution in [0.5, 0.6) is 5.75 Å². The van der Waals surface area contributed by atoms with Gasteiger partial charge in [0.25, 0.3) is 0 Å². The maximum atomic E-state index is 5.33. The molecule has 0 bridgehead atoms. The first-order valence-corrected chi connectivity index (χ1v) is 6.08. The second kappa shape index (κ2) is 3.36. The van der Waals surface area contributed by atoms with Crippen LogP contribution in [0, 0.1) is 0 Å². The number of benzene rings is 3. The topological polar surface area (TPSA) is 9.23 Å². The van der Waals surface area contributed by atoms with E-state index in [9.17, 15) is 0 Å². The van der Waals surface area contributed by atoms with Gasteiger partial charge >= 0.3 is 0 Å². The van der Waals surface area contributed by atoms with Gasteiger partial charge in [0.15, 0.2) is 0 Å². The van der Waals surface area contributed by atoms with Gasteiger partial charge in [-0.1, -0.05) is 36.4 Å². The van der Waals surface area contributed by atoms with Crippen LogP contribution in [0.1, 0.15) is 11.1 Å². The van der Waals surface area contributed by atoms with Gasteiger partial charge in [0.2, 0.25) is 0 Å². The summed E-state index contributed by atoms with van der Waals surface area (Å²) in [4.78, 5) is 0. The molecule has 3 aromatic carbocycles. The normalized spacial score (nSPS) is 12.5. The van der Waals surface area contributed by atoms with Crippen LogP contribution in [0.3, 0.4) is 0 Å². The molecular formula is C17H12O. The van der Waals surface area contributed by atoms with Crippen molar-refractivity contribution in [3.63, 3.8) is 0 Å². The van der Waals surface area contributed by atoms with Crippen molar-refractivity contribution in [3.8, 4) is 5.75 Å². The standard InChI is InChI=1S/C17H12O/c1-18-14-8-7-12-9-13-6-5-11-3-2-4-15(17(11)13)16(12)10-14/h2-10H,1H3. The second-order valence-electron chi connectivity index (χ2n) is 4.66. The number of hydrogen-bond donors (Lipinski definition) is 0. The van der Waals surface area contributed by atoms with Crippen molar-refractivity contribution in [1.82, 2.24) is 0 Å². The van der Waals surface area contributed by atoms with Crippen molar-refractivity contribution in [2.45, 2.75) is 0 Å². The lowest BCUT2D eigenvalue weighted by atomic mass is 9.97. The van der Waals surface area contributed by atoms with E-state index in [0.29, 0.717) is 0 Å². The van der Waals surface area contributed by atoms with Gasteiger partial charge in [-0.3, -0.25) is 0 Å². The minimum Gasteiger partial charge on any atom is -0.497 e. The summed E-state index contributed by atoms with van der Waals surface area (Å²) in [5.74, 6) is 0.911. The molecule has 1 aliphatic carbocycles. The minimum atomic E-state index is 0.911. The van der Waals surface area contributed by atoms with E-state index in [1.807, 2.05) is 6.07 Å². The van der Waals surface area contributed by atoms with Gasteiger partial charge in [0.05, 0.1) is 7.11 Å². The lowest BCUT2D eigenvalue weighted by molar-refractivity contribution is 0.415. The van der Waals surface area contributed by atoms with Crippen LogP contribution >= 0.6 is 0 Å². The van der Waals surface area contributed by atoms with Crippen molar-refractivity contribution >= 4 is 33.7 Å². The highest BCUT2D eigenvalue weighted by Gasteiger charge is 2.12. The molecule has 0 radical (unpaired) electrons. The summed E-state index contributed by atoms with van der Waals surface area (Å²) in [6.45, 7) is 0. The zero-order valence-corrected chi connectivity index (χ0v) is 10.1. The van der Waals surface area contributed by atoms with Crippen LogP contribution in [0.2, 0.25) is 0 Å². The van der Waals surface area contributed by atoms with E-state index in [4.69, 9.17) is 4.74 Å². The lowest BCUT2D eigenvalue weighted by Crippen LogP contribution is -1.85. The molecule has 1 nitrogen and oxygen atoms in total. The monoisotopic (exact) mass is 232 g/mol. The Morgan fingerprint density at radius 2 is 1.72 bits per heavy atom. The molecule has 3 aromatic rings. The molecule has 0 atom stereocenters. The largest absolute Gasteiger partial charge is 0.497 e. The van der Waals surface area contributed by atoms with Crippen LogP contribution in [-0.4, -0.2) is 7.11 Å². The predicted molar refractivity (Wildman–Crippen MR) is 76.9 cm³/mol. The van der Waals surface area contributed by atoms with E-state index >= 15 is 0 Å². The molecule has 0 aromatic heterocycles. The number of methoxy groups -OCH3 is 1. The first-order valence-electron chi connectivity index (χ1n) is 6.08. The summed E-state index contributed by atoms with van der Waals surface area (Å²) in [5.41, 5.74) is 2.63. The van der Waals surface area contributed by atoms with E-state index in [1.165, 1.54) is 32.7 Å². The van der Waals surface area contributed by atoms with E-state index < -0.39 is 0 Å². The van der Waals surface area contributed by atoms with Gasteiger partial charge < -0.3 is 4.74 Å². The van der Waals surface area contributed by atoms with E-state index in [2.05, 4.69) is 48.6 Å².